The molecule has 128 valence electrons. The second-order valence-electron chi connectivity index (χ2n) is 5.35. The van der Waals surface area contributed by atoms with E-state index in [-0.39, 0.29) is 12.6 Å². The molecule has 0 heterocycles. The van der Waals surface area contributed by atoms with E-state index in [0.717, 1.165) is 11.1 Å². The van der Waals surface area contributed by atoms with Crippen molar-refractivity contribution >= 4 is 17.6 Å². The number of amides is 2. The molecule has 6 heteroatoms. The van der Waals surface area contributed by atoms with Crippen LogP contribution in [-0.2, 0) is 17.9 Å². The number of rotatable bonds is 7. The molecule has 0 bridgehead atoms. The molecule has 0 radical (unpaired) electrons. The number of carbonyl (C=O) groups is 1. The highest BCUT2D eigenvalue weighted by atomic mass is 35.5. The van der Waals surface area contributed by atoms with Gasteiger partial charge in [-0.3, -0.25) is 0 Å². The van der Waals surface area contributed by atoms with Crippen LogP contribution >= 0.6 is 11.6 Å². The van der Waals surface area contributed by atoms with Gasteiger partial charge in [-0.2, -0.15) is 0 Å². The highest BCUT2D eigenvalue weighted by molar-refractivity contribution is 6.31. The van der Waals surface area contributed by atoms with Gasteiger partial charge in [0, 0.05) is 30.8 Å². The van der Waals surface area contributed by atoms with Crippen LogP contribution < -0.4 is 10.6 Å². The van der Waals surface area contributed by atoms with E-state index >= 15 is 0 Å². The van der Waals surface area contributed by atoms with E-state index in [1.807, 2.05) is 24.3 Å². The maximum Gasteiger partial charge on any atom is 0.315 e. The summed E-state index contributed by atoms with van der Waals surface area (Å²) in [6.07, 6.45) is -0.852. The van der Waals surface area contributed by atoms with Crippen molar-refractivity contribution in [2.75, 3.05) is 13.7 Å². The quantitative estimate of drug-likeness (QED) is 0.720. The molecular weight excluding hydrogens is 328 g/mol. The number of aliphatic hydroxyl groups excluding tert-OH is 1. The van der Waals surface area contributed by atoms with E-state index in [4.69, 9.17) is 16.3 Å². The van der Waals surface area contributed by atoms with Crippen molar-refractivity contribution in [1.29, 1.82) is 0 Å². The van der Waals surface area contributed by atoms with Crippen LogP contribution in [0.4, 0.5) is 4.79 Å². The van der Waals surface area contributed by atoms with Crippen LogP contribution in [0.5, 0.6) is 0 Å². The Kier molecular flexibility index (Phi) is 7.06. The highest BCUT2D eigenvalue weighted by Gasteiger charge is 2.12. The lowest BCUT2D eigenvalue weighted by molar-refractivity contribution is 0.173. The number of hydrogen-bond donors (Lipinski definition) is 3. The lowest BCUT2D eigenvalue weighted by Gasteiger charge is -2.14. The number of ether oxygens (including phenoxy) is 1. The molecule has 0 fully saturated rings. The number of benzene rings is 2. The number of methoxy groups -OCH3 is 1. The van der Waals surface area contributed by atoms with Crippen molar-refractivity contribution in [2.45, 2.75) is 19.3 Å². The fraction of sp³-hybridized carbons (Fsp3) is 0.278. The largest absolute Gasteiger partial charge is 0.387 e. The standard InChI is InChI=1S/C18H21ClN2O3/c1-24-12-14-6-4-5-13(9-14)10-20-18(23)21-11-17(22)15-7-2-3-8-16(15)19/h2-9,17,22H,10-12H2,1H3,(H2,20,21,23)/t17-/m0/s1. The monoisotopic (exact) mass is 348 g/mol. The summed E-state index contributed by atoms with van der Waals surface area (Å²) in [4.78, 5) is 11.9. The van der Waals surface area contributed by atoms with Gasteiger partial charge in [-0.25, -0.2) is 4.79 Å². The first kappa shape index (κ1) is 18.3. The fourth-order valence-electron chi connectivity index (χ4n) is 2.29. The van der Waals surface area contributed by atoms with Crippen LogP contribution in [0.25, 0.3) is 0 Å². The molecule has 0 aliphatic carbocycles. The number of hydrogen-bond acceptors (Lipinski definition) is 3. The average molecular weight is 349 g/mol. The summed E-state index contributed by atoms with van der Waals surface area (Å²) in [5, 5.41) is 16.0. The molecule has 0 aliphatic heterocycles. The smallest absolute Gasteiger partial charge is 0.315 e. The van der Waals surface area contributed by atoms with E-state index in [1.54, 1.807) is 31.4 Å². The van der Waals surface area contributed by atoms with Crippen LogP contribution in [0.3, 0.4) is 0 Å². The van der Waals surface area contributed by atoms with Gasteiger partial charge in [0.25, 0.3) is 0 Å². The molecule has 2 rings (SSSR count). The van der Waals surface area contributed by atoms with Gasteiger partial charge >= 0.3 is 6.03 Å². The first-order valence-electron chi connectivity index (χ1n) is 7.61. The van der Waals surface area contributed by atoms with Crippen LogP contribution in [0.2, 0.25) is 5.02 Å². The van der Waals surface area contributed by atoms with Crippen LogP contribution in [0.1, 0.15) is 22.8 Å². The van der Waals surface area contributed by atoms with E-state index in [9.17, 15) is 9.90 Å². The van der Waals surface area contributed by atoms with Crippen LogP contribution in [-0.4, -0.2) is 24.8 Å². The van der Waals surface area contributed by atoms with Gasteiger partial charge < -0.3 is 20.5 Å². The molecule has 24 heavy (non-hydrogen) atoms. The molecule has 0 unspecified atom stereocenters. The minimum atomic E-state index is -0.852. The summed E-state index contributed by atoms with van der Waals surface area (Å²) in [6, 6.07) is 14.4. The minimum absolute atomic E-state index is 0.0826. The number of nitrogens with one attached hydrogen (secondary N) is 2. The summed E-state index contributed by atoms with van der Waals surface area (Å²) in [7, 11) is 1.64. The Morgan fingerprint density at radius 3 is 2.67 bits per heavy atom. The molecule has 5 nitrogen and oxygen atoms in total. The van der Waals surface area contributed by atoms with E-state index in [2.05, 4.69) is 10.6 Å². The molecule has 2 aromatic carbocycles. The van der Waals surface area contributed by atoms with Gasteiger partial charge in [-0.05, 0) is 17.2 Å². The Bertz CT molecular complexity index is 679. The summed E-state index contributed by atoms with van der Waals surface area (Å²) < 4.78 is 5.09. The summed E-state index contributed by atoms with van der Waals surface area (Å²) in [5.74, 6) is 0. The van der Waals surface area contributed by atoms with Crippen molar-refractivity contribution < 1.29 is 14.6 Å². The first-order valence-corrected chi connectivity index (χ1v) is 7.99. The van der Waals surface area contributed by atoms with Crippen molar-refractivity contribution in [1.82, 2.24) is 10.6 Å². The molecule has 2 aromatic rings. The zero-order valence-corrected chi connectivity index (χ0v) is 14.2. The van der Waals surface area contributed by atoms with Gasteiger partial charge in [-0.15, -0.1) is 0 Å². The second kappa shape index (κ2) is 9.27. The molecular formula is C18H21ClN2O3. The number of carbonyl (C=O) groups excluding carboxylic acids is 1. The van der Waals surface area contributed by atoms with Crippen molar-refractivity contribution in [3.63, 3.8) is 0 Å². The number of urea groups is 1. The molecule has 1 atom stereocenters. The third-order valence-electron chi connectivity index (χ3n) is 3.48. The molecule has 3 N–H and O–H groups in total. The van der Waals surface area contributed by atoms with E-state index in [1.165, 1.54) is 0 Å². The highest BCUT2D eigenvalue weighted by Crippen LogP contribution is 2.21. The molecule has 0 aromatic heterocycles. The summed E-state index contributed by atoms with van der Waals surface area (Å²) in [6.45, 7) is 1.01. The van der Waals surface area contributed by atoms with Crippen molar-refractivity contribution in [2.24, 2.45) is 0 Å². The molecule has 0 aliphatic rings. The Morgan fingerprint density at radius 2 is 1.92 bits per heavy atom. The Morgan fingerprint density at radius 1 is 1.17 bits per heavy atom. The van der Waals surface area contributed by atoms with Gasteiger partial charge in [0.1, 0.15) is 0 Å². The zero-order valence-electron chi connectivity index (χ0n) is 13.5. The van der Waals surface area contributed by atoms with Crippen LogP contribution in [0, 0.1) is 0 Å². The minimum Gasteiger partial charge on any atom is -0.387 e. The first-order chi connectivity index (χ1) is 11.6. The van der Waals surface area contributed by atoms with Gasteiger partial charge in [-0.1, -0.05) is 54.1 Å². The number of aliphatic hydroxyl groups is 1. The lowest BCUT2D eigenvalue weighted by Crippen LogP contribution is -2.37. The average Bonchev–Trinajstić information content (AvgIpc) is 2.59. The van der Waals surface area contributed by atoms with Crippen LogP contribution in [0.15, 0.2) is 48.5 Å². The van der Waals surface area contributed by atoms with Gasteiger partial charge in [0.2, 0.25) is 0 Å². The predicted octanol–water partition coefficient (Wildman–Crippen LogP) is 3.02. The maximum absolute atomic E-state index is 11.9. The number of halogens is 1. The van der Waals surface area contributed by atoms with Gasteiger partial charge in [0.05, 0.1) is 12.7 Å². The third-order valence-corrected chi connectivity index (χ3v) is 3.82. The third kappa shape index (κ3) is 5.53. The Balaban J connectivity index is 1.79. The fourth-order valence-corrected chi connectivity index (χ4v) is 2.55. The molecule has 0 spiro atoms. The normalized spacial score (nSPS) is 11.8. The van der Waals surface area contributed by atoms with Gasteiger partial charge in [0.15, 0.2) is 0 Å². The zero-order chi connectivity index (χ0) is 17.4. The Hall–Kier alpha value is -2.08. The summed E-state index contributed by atoms with van der Waals surface area (Å²) >= 11 is 6.02. The van der Waals surface area contributed by atoms with Crippen molar-refractivity contribution in [3.05, 3.63) is 70.2 Å². The SMILES string of the molecule is COCc1cccc(CNC(=O)NC[C@H](O)c2ccccc2Cl)c1. The Labute approximate surface area is 146 Å². The van der Waals surface area contributed by atoms with E-state index < -0.39 is 6.10 Å². The second-order valence-corrected chi connectivity index (χ2v) is 5.76. The molecule has 0 saturated carbocycles. The topological polar surface area (TPSA) is 70.6 Å². The molecule has 2 amide bonds. The maximum atomic E-state index is 11.9. The lowest BCUT2D eigenvalue weighted by atomic mass is 10.1. The van der Waals surface area contributed by atoms with Crippen molar-refractivity contribution in [3.8, 4) is 0 Å². The predicted molar refractivity (Wildman–Crippen MR) is 93.8 cm³/mol. The molecule has 0 saturated heterocycles. The summed E-state index contributed by atoms with van der Waals surface area (Å²) in [5.41, 5.74) is 2.62. The van der Waals surface area contributed by atoms with E-state index in [0.29, 0.717) is 23.7 Å².